The topological polar surface area (TPSA) is 77.1 Å². The molecule has 0 radical (unpaired) electrons. The van der Waals surface area contributed by atoms with Gasteiger partial charge in [0.15, 0.2) is 11.5 Å². The highest BCUT2D eigenvalue weighted by Gasteiger charge is 2.46. The van der Waals surface area contributed by atoms with Gasteiger partial charge in [-0.3, -0.25) is 4.79 Å². The molecule has 2 amide bonds. The molecule has 2 heterocycles. The van der Waals surface area contributed by atoms with Crippen molar-refractivity contribution in [2.24, 2.45) is 0 Å². The molecule has 1 aromatic carbocycles. The van der Waals surface area contributed by atoms with Crippen LogP contribution in [0.15, 0.2) is 12.1 Å². The second-order valence-electron chi connectivity index (χ2n) is 9.62. The standard InChI is InChI=1S/C23H32N2O5/c1-15-16-11-18-19(29-10-9-28-18)12-17(16)23(7-5-6-8-23)14-25(15)20(26)13-24-21(27)30-22(2,3)4/h11-12,15H,5-10,13-14H2,1-4H3,(H,24,27). The quantitative estimate of drug-likeness (QED) is 0.796. The fourth-order valence-electron chi connectivity index (χ4n) is 4.97. The average Bonchev–Trinajstić information content (AvgIpc) is 3.16. The van der Waals surface area contributed by atoms with Crippen molar-refractivity contribution in [2.45, 2.75) is 70.4 Å². The van der Waals surface area contributed by atoms with E-state index in [1.807, 2.05) is 11.8 Å². The van der Waals surface area contributed by atoms with Gasteiger partial charge < -0.3 is 24.4 Å². The Hall–Kier alpha value is -2.44. The molecule has 0 bridgehead atoms. The Balaban J connectivity index is 1.58. The van der Waals surface area contributed by atoms with Crippen molar-refractivity contribution in [3.8, 4) is 11.5 Å². The summed E-state index contributed by atoms with van der Waals surface area (Å²) in [6.07, 6.45) is 3.84. The van der Waals surface area contributed by atoms with Crippen LogP contribution in [0.3, 0.4) is 0 Å². The van der Waals surface area contributed by atoms with Crippen LogP contribution in [0, 0.1) is 0 Å². The van der Waals surface area contributed by atoms with Gasteiger partial charge in [0.1, 0.15) is 25.4 Å². The van der Waals surface area contributed by atoms with Gasteiger partial charge >= 0.3 is 6.09 Å². The van der Waals surface area contributed by atoms with Gasteiger partial charge in [-0.2, -0.15) is 0 Å². The van der Waals surface area contributed by atoms with Gasteiger partial charge in [0.25, 0.3) is 0 Å². The zero-order valence-corrected chi connectivity index (χ0v) is 18.4. The number of nitrogens with one attached hydrogen (secondary N) is 1. The first-order chi connectivity index (χ1) is 14.2. The van der Waals surface area contributed by atoms with Gasteiger partial charge in [-0.25, -0.2) is 4.79 Å². The molecule has 1 aromatic rings. The third-order valence-electron chi connectivity index (χ3n) is 6.34. The molecule has 164 valence electrons. The SMILES string of the molecule is CC1c2cc3c(cc2C2(CCCC2)CN1C(=O)CNC(=O)OC(C)(C)C)OCCO3. The molecule has 3 aliphatic rings. The summed E-state index contributed by atoms with van der Waals surface area (Å²) in [7, 11) is 0. The maximum atomic E-state index is 13.1. The van der Waals surface area contributed by atoms with Crippen molar-refractivity contribution < 1.29 is 23.8 Å². The Bertz CT molecular complexity index is 839. The Morgan fingerprint density at radius 2 is 1.80 bits per heavy atom. The maximum absolute atomic E-state index is 13.1. The fraction of sp³-hybridized carbons (Fsp3) is 0.652. The van der Waals surface area contributed by atoms with E-state index in [0.717, 1.165) is 42.7 Å². The van der Waals surface area contributed by atoms with Crippen LogP contribution in [0.5, 0.6) is 11.5 Å². The highest BCUT2D eigenvalue weighted by atomic mass is 16.6. The highest BCUT2D eigenvalue weighted by Crippen LogP contribution is 2.51. The van der Waals surface area contributed by atoms with Crippen molar-refractivity contribution in [3.63, 3.8) is 0 Å². The minimum Gasteiger partial charge on any atom is -0.486 e. The molecule has 1 unspecified atom stereocenters. The van der Waals surface area contributed by atoms with Gasteiger partial charge in [-0.15, -0.1) is 0 Å². The summed E-state index contributed by atoms with van der Waals surface area (Å²) in [5, 5.41) is 2.61. The van der Waals surface area contributed by atoms with Crippen LogP contribution in [0.4, 0.5) is 4.79 Å². The van der Waals surface area contributed by atoms with Crippen molar-refractivity contribution in [2.75, 3.05) is 26.3 Å². The lowest BCUT2D eigenvalue weighted by molar-refractivity contribution is -0.134. The lowest BCUT2D eigenvalue weighted by Crippen LogP contribution is -2.51. The van der Waals surface area contributed by atoms with Crippen LogP contribution in [0.2, 0.25) is 0 Å². The third kappa shape index (κ3) is 3.94. The molecule has 7 nitrogen and oxygen atoms in total. The van der Waals surface area contributed by atoms with Crippen LogP contribution >= 0.6 is 0 Å². The Kier molecular flexibility index (Phi) is 5.32. The van der Waals surface area contributed by atoms with Gasteiger partial charge in [0.05, 0.1) is 6.04 Å². The number of nitrogens with zero attached hydrogens (tertiary/aromatic N) is 1. The molecular formula is C23H32N2O5. The normalized spacial score (nSPS) is 21.9. The predicted octanol–water partition coefficient (Wildman–Crippen LogP) is 3.70. The summed E-state index contributed by atoms with van der Waals surface area (Å²) in [4.78, 5) is 27.0. The summed E-state index contributed by atoms with van der Waals surface area (Å²) in [6.45, 7) is 9.13. The number of benzene rings is 1. The number of rotatable bonds is 2. The van der Waals surface area contributed by atoms with E-state index in [1.54, 1.807) is 20.8 Å². The number of hydrogen-bond donors (Lipinski definition) is 1. The number of hydrogen-bond acceptors (Lipinski definition) is 5. The van der Waals surface area contributed by atoms with E-state index in [4.69, 9.17) is 14.2 Å². The lowest BCUT2D eigenvalue weighted by Gasteiger charge is -2.46. The summed E-state index contributed by atoms with van der Waals surface area (Å²) in [5.74, 6) is 1.46. The number of fused-ring (bicyclic) bond motifs is 3. The second kappa shape index (κ2) is 7.67. The maximum Gasteiger partial charge on any atom is 0.408 e. The molecule has 7 heteroatoms. The van der Waals surface area contributed by atoms with Crippen molar-refractivity contribution in [3.05, 3.63) is 23.3 Å². The Morgan fingerprint density at radius 3 is 2.43 bits per heavy atom. The number of carbonyl (C=O) groups excluding carboxylic acids is 2. The molecule has 4 rings (SSSR count). The van der Waals surface area contributed by atoms with E-state index in [2.05, 4.69) is 17.4 Å². The first kappa shape index (κ1) is 20.8. The monoisotopic (exact) mass is 416 g/mol. The van der Waals surface area contributed by atoms with E-state index in [1.165, 1.54) is 5.56 Å². The number of carbonyl (C=O) groups is 2. The zero-order valence-electron chi connectivity index (χ0n) is 18.4. The molecule has 2 aliphatic heterocycles. The molecule has 1 spiro atoms. The van der Waals surface area contributed by atoms with E-state index in [-0.39, 0.29) is 23.9 Å². The van der Waals surface area contributed by atoms with Crippen LogP contribution < -0.4 is 14.8 Å². The minimum atomic E-state index is -0.598. The first-order valence-corrected chi connectivity index (χ1v) is 10.9. The van der Waals surface area contributed by atoms with Crippen LogP contribution in [-0.2, 0) is 14.9 Å². The number of amides is 2. The van der Waals surface area contributed by atoms with Crippen LogP contribution in [0.1, 0.15) is 70.5 Å². The third-order valence-corrected chi connectivity index (χ3v) is 6.34. The van der Waals surface area contributed by atoms with Gasteiger partial charge in [0, 0.05) is 12.0 Å². The fourth-order valence-corrected chi connectivity index (χ4v) is 4.97. The molecular weight excluding hydrogens is 384 g/mol. The van der Waals surface area contributed by atoms with Crippen LogP contribution in [-0.4, -0.2) is 48.8 Å². The van der Waals surface area contributed by atoms with E-state index >= 15 is 0 Å². The van der Waals surface area contributed by atoms with Gasteiger partial charge in [-0.1, -0.05) is 12.8 Å². The van der Waals surface area contributed by atoms with E-state index in [0.29, 0.717) is 19.8 Å². The van der Waals surface area contributed by atoms with Crippen molar-refractivity contribution in [1.82, 2.24) is 10.2 Å². The largest absolute Gasteiger partial charge is 0.486 e. The lowest BCUT2D eigenvalue weighted by atomic mass is 9.71. The second-order valence-corrected chi connectivity index (χ2v) is 9.62. The summed E-state index contributed by atoms with van der Waals surface area (Å²) in [6, 6.07) is 4.09. The summed E-state index contributed by atoms with van der Waals surface area (Å²) in [5.41, 5.74) is 1.76. The highest BCUT2D eigenvalue weighted by molar-refractivity contribution is 5.83. The van der Waals surface area contributed by atoms with Gasteiger partial charge in [0.2, 0.25) is 5.91 Å². The summed E-state index contributed by atoms with van der Waals surface area (Å²) < 4.78 is 16.9. The Labute approximate surface area is 178 Å². The van der Waals surface area contributed by atoms with Crippen molar-refractivity contribution >= 4 is 12.0 Å². The molecule has 1 fully saturated rings. The number of ether oxygens (including phenoxy) is 3. The minimum absolute atomic E-state index is 0.0563. The molecule has 30 heavy (non-hydrogen) atoms. The molecule has 1 atom stereocenters. The van der Waals surface area contributed by atoms with E-state index in [9.17, 15) is 9.59 Å². The smallest absolute Gasteiger partial charge is 0.408 e. The zero-order chi connectivity index (χ0) is 21.5. The average molecular weight is 417 g/mol. The predicted molar refractivity (Wildman–Crippen MR) is 112 cm³/mol. The summed E-state index contributed by atoms with van der Waals surface area (Å²) >= 11 is 0. The van der Waals surface area contributed by atoms with Crippen molar-refractivity contribution in [1.29, 1.82) is 0 Å². The van der Waals surface area contributed by atoms with Gasteiger partial charge in [-0.05, 0) is 63.8 Å². The van der Waals surface area contributed by atoms with E-state index < -0.39 is 11.7 Å². The molecule has 1 N–H and O–H groups in total. The Morgan fingerprint density at radius 1 is 1.17 bits per heavy atom. The number of alkyl carbamates (subject to hydrolysis) is 1. The van der Waals surface area contributed by atoms with Crippen LogP contribution in [0.25, 0.3) is 0 Å². The molecule has 1 saturated carbocycles. The molecule has 1 aliphatic carbocycles. The molecule has 0 aromatic heterocycles. The molecule has 0 saturated heterocycles. The first-order valence-electron chi connectivity index (χ1n) is 10.9.